The molecule has 2 unspecified atom stereocenters. The number of carbonyl (C=O) groups is 1. The minimum atomic E-state index is -0.428. The highest BCUT2D eigenvalue weighted by Gasteiger charge is 2.24. The molecule has 0 bridgehead atoms. The second-order valence-electron chi connectivity index (χ2n) is 5.83. The number of carbonyl (C=O) groups excluding carboxylic acids is 1. The van der Waals surface area contributed by atoms with E-state index in [2.05, 4.69) is 5.32 Å². The molecule has 1 heterocycles. The highest BCUT2D eigenvalue weighted by Crippen LogP contribution is 2.26. The monoisotopic (exact) mass is 303 g/mol. The summed E-state index contributed by atoms with van der Waals surface area (Å²) < 4.78 is 10.7. The van der Waals surface area contributed by atoms with Crippen LogP contribution in [0.15, 0.2) is 28.9 Å². The fourth-order valence-electron chi connectivity index (χ4n) is 3.04. The summed E-state index contributed by atoms with van der Waals surface area (Å²) in [7, 11) is 1.61. The van der Waals surface area contributed by atoms with Crippen LogP contribution < -0.4 is 10.1 Å². The maximum atomic E-state index is 12.2. The van der Waals surface area contributed by atoms with Gasteiger partial charge in [-0.2, -0.15) is 0 Å². The molecule has 2 aromatic rings. The molecule has 118 valence electrons. The van der Waals surface area contributed by atoms with E-state index in [4.69, 9.17) is 9.15 Å². The van der Waals surface area contributed by atoms with Crippen LogP contribution in [0.4, 0.5) is 0 Å². The lowest BCUT2D eigenvalue weighted by molar-refractivity contribution is -0.122. The molecule has 5 heteroatoms. The van der Waals surface area contributed by atoms with Gasteiger partial charge in [-0.05, 0) is 25.0 Å². The molecule has 2 N–H and O–H groups in total. The van der Waals surface area contributed by atoms with Crippen molar-refractivity contribution < 1.29 is 19.1 Å². The van der Waals surface area contributed by atoms with Crippen LogP contribution in [0, 0.1) is 0 Å². The van der Waals surface area contributed by atoms with E-state index >= 15 is 0 Å². The molecule has 0 aliphatic heterocycles. The van der Waals surface area contributed by atoms with Gasteiger partial charge in [-0.3, -0.25) is 4.79 Å². The van der Waals surface area contributed by atoms with E-state index < -0.39 is 6.10 Å². The number of aliphatic hydroxyl groups excluding tert-OH is 1. The molecule has 3 rings (SSSR count). The molecule has 1 aromatic carbocycles. The van der Waals surface area contributed by atoms with Crippen LogP contribution >= 0.6 is 0 Å². The van der Waals surface area contributed by atoms with E-state index in [-0.39, 0.29) is 18.4 Å². The Hall–Kier alpha value is -2.01. The molecule has 1 aromatic heterocycles. The summed E-state index contributed by atoms with van der Waals surface area (Å²) >= 11 is 0. The molecule has 0 saturated heterocycles. The fourth-order valence-corrected chi connectivity index (χ4v) is 3.04. The van der Waals surface area contributed by atoms with E-state index in [9.17, 15) is 9.90 Å². The first kappa shape index (κ1) is 14.9. The van der Waals surface area contributed by atoms with Crippen molar-refractivity contribution in [3.05, 3.63) is 30.0 Å². The molecule has 1 aliphatic carbocycles. The molecule has 1 amide bonds. The minimum absolute atomic E-state index is 0.0792. The Balaban J connectivity index is 1.68. The molecule has 5 nitrogen and oxygen atoms in total. The quantitative estimate of drug-likeness (QED) is 0.910. The number of aliphatic hydroxyl groups is 1. The molecule has 1 saturated carbocycles. The van der Waals surface area contributed by atoms with Gasteiger partial charge in [-0.15, -0.1) is 0 Å². The van der Waals surface area contributed by atoms with Gasteiger partial charge < -0.3 is 19.6 Å². The van der Waals surface area contributed by atoms with Crippen LogP contribution in [0.5, 0.6) is 5.75 Å². The zero-order valence-electron chi connectivity index (χ0n) is 12.7. The Morgan fingerprint density at radius 3 is 3.00 bits per heavy atom. The number of hydrogen-bond donors (Lipinski definition) is 2. The van der Waals surface area contributed by atoms with Crippen molar-refractivity contribution in [3.63, 3.8) is 0 Å². The Kier molecular flexibility index (Phi) is 4.34. The third kappa shape index (κ3) is 3.09. The molecule has 22 heavy (non-hydrogen) atoms. The molecule has 0 spiro atoms. The average Bonchev–Trinajstić information content (AvgIpc) is 2.91. The van der Waals surface area contributed by atoms with Crippen molar-refractivity contribution in [1.82, 2.24) is 5.32 Å². The van der Waals surface area contributed by atoms with Gasteiger partial charge in [0.05, 0.1) is 31.9 Å². The van der Waals surface area contributed by atoms with Crippen LogP contribution in [-0.4, -0.2) is 30.3 Å². The first-order chi connectivity index (χ1) is 10.7. The zero-order chi connectivity index (χ0) is 15.5. The highest BCUT2D eigenvalue weighted by molar-refractivity contribution is 5.88. The zero-order valence-corrected chi connectivity index (χ0v) is 12.7. The number of fused-ring (bicyclic) bond motifs is 1. The number of furan rings is 1. The van der Waals surface area contributed by atoms with Crippen molar-refractivity contribution >= 4 is 16.9 Å². The number of amides is 1. The van der Waals surface area contributed by atoms with Gasteiger partial charge in [0.1, 0.15) is 11.3 Å². The van der Waals surface area contributed by atoms with E-state index in [1.54, 1.807) is 13.4 Å². The van der Waals surface area contributed by atoms with Gasteiger partial charge in [0.15, 0.2) is 0 Å². The first-order valence-corrected chi connectivity index (χ1v) is 7.69. The smallest absolute Gasteiger partial charge is 0.224 e. The second-order valence-corrected chi connectivity index (χ2v) is 5.83. The first-order valence-electron chi connectivity index (χ1n) is 7.69. The molecule has 0 radical (unpaired) electrons. The lowest BCUT2D eigenvalue weighted by Gasteiger charge is -2.28. The van der Waals surface area contributed by atoms with Crippen molar-refractivity contribution in [2.24, 2.45) is 0 Å². The lowest BCUT2D eigenvalue weighted by atomic mass is 9.92. The summed E-state index contributed by atoms with van der Waals surface area (Å²) in [5.41, 5.74) is 1.56. The summed E-state index contributed by atoms with van der Waals surface area (Å²) in [6, 6.07) is 5.43. The molecule has 1 aliphatic rings. The minimum Gasteiger partial charge on any atom is -0.497 e. The van der Waals surface area contributed by atoms with Crippen LogP contribution in [0.2, 0.25) is 0 Å². The number of rotatable bonds is 4. The summed E-state index contributed by atoms with van der Waals surface area (Å²) in [5, 5.41) is 13.8. The van der Waals surface area contributed by atoms with Crippen molar-refractivity contribution in [2.75, 3.05) is 7.11 Å². The van der Waals surface area contributed by atoms with E-state index in [0.29, 0.717) is 5.58 Å². The summed E-state index contributed by atoms with van der Waals surface area (Å²) in [6.07, 6.45) is 5.13. The molecule has 1 fully saturated rings. The normalized spacial score (nSPS) is 21.7. The summed E-state index contributed by atoms with van der Waals surface area (Å²) in [4.78, 5) is 12.2. The van der Waals surface area contributed by atoms with E-state index in [0.717, 1.165) is 42.4 Å². The topological polar surface area (TPSA) is 71.7 Å². The van der Waals surface area contributed by atoms with Crippen molar-refractivity contribution in [2.45, 2.75) is 44.2 Å². The Morgan fingerprint density at radius 1 is 1.41 bits per heavy atom. The maximum absolute atomic E-state index is 12.2. The van der Waals surface area contributed by atoms with Crippen molar-refractivity contribution in [3.8, 4) is 5.75 Å². The summed E-state index contributed by atoms with van der Waals surface area (Å²) in [6.45, 7) is 0. The van der Waals surface area contributed by atoms with Gasteiger partial charge >= 0.3 is 0 Å². The van der Waals surface area contributed by atoms with Crippen molar-refractivity contribution in [1.29, 1.82) is 0 Å². The second kappa shape index (κ2) is 6.40. The number of ether oxygens (including phenoxy) is 1. The fraction of sp³-hybridized carbons (Fsp3) is 0.471. The molecule has 2 atom stereocenters. The van der Waals surface area contributed by atoms with Crippen LogP contribution in [0.3, 0.4) is 0 Å². The van der Waals surface area contributed by atoms with Gasteiger partial charge in [0.2, 0.25) is 5.91 Å². The summed E-state index contributed by atoms with van der Waals surface area (Å²) in [5.74, 6) is 0.646. The third-order valence-electron chi connectivity index (χ3n) is 4.29. The van der Waals surface area contributed by atoms with Crippen LogP contribution in [0.1, 0.15) is 31.2 Å². The van der Waals surface area contributed by atoms with Gasteiger partial charge in [0, 0.05) is 17.0 Å². The van der Waals surface area contributed by atoms with Crippen LogP contribution in [-0.2, 0) is 11.2 Å². The Morgan fingerprint density at radius 2 is 2.23 bits per heavy atom. The third-order valence-corrected chi connectivity index (χ3v) is 4.29. The molecular formula is C17H21NO4. The number of hydrogen-bond acceptors (Lipinski definition) is 4. The van der Waals surface area contributed by atoms with E-state index in [1.165, 1.54) is 0 Å². The van der Waals surface area contributed by atoms with Gasteiger partial charge in [0.25, 0.3) is 0 Å². The Bertz CT molecular complexity index is 664. The predicted octanol–water partition coefficient (Wildman–Crippen LogP) is 2.40. The number of benzene rings is 1. The van der Waals surface area contributed by atoms with Crippen LogP contribution in [0.25, 0.3) is 11.0 Å². The average molecular weight is 303 g/mol. The maximum Gasteiger partial charge on any atom is 0.224 e. The highest BCUT2D eigenvalue weighted by atomic mass is 16.5. The molecular weight excluding hydrogens is 282 g/mol. The largest absolute Gasteiger partial charge is 0.497 e. The number of methoxy groups -OCH3 is 1. The Labute approximate surface area is 129 Å². The lowest BCUT2D eigenvalue weighted by Crippen LogP contribution is -2.45. The predicted molar refractivity (Wildman–Crippen MR) is 82.9 cm³/mol. The van der Waals surface area contributed by atoms with Gasteiger partial charge in [-0.25, -0.2) is 0 Å². The standard InChI is InChI=1S/C17H21NO4/c1-21-12-6-7-13-11(10-22-16(13)9-12)8-17(20)18-14-4-2-3-5-15(14)19/h6-7,9-10,14-15,19H,2-5,8H2,1H3,(H,18,20). The van der Waals surface area contributed by atoms with Gasteiger partial charge in [-0.1, -0.05) is 12.8 Å². The SMILES string of the molecule is COc1ccc2c(CC(=O)NC3CCCCC3O)coc2c1. The van der Waals surface area contributed by atoms with E-state index in [1.807, 2.05) is 18.2 Å². The number of nitrogens with one attached hydrogen (secondary N) is 1.